The molecule has 0 N–H and O–H groups in total. The van der Waals surface area contributed by atoms with E-state index in [1.54, 1.807) is 0 Å². The predicted octanol–water partition coefficient (Wildman–Crippen LogP) is 5.15. The molecule has 0 aliphatic carbocycles. The highest BCUT2D eigenvalue weighted by atomic mass is 15.2. The van der Waals surface area contributed by atoms with Gasteiger partial charge in [-0.2, -0.15) is 0 Å². The van der Waals surface area contributed by atoms with E-state index in [2.05, 4.69) is 31.9 Å². The van der Waals surface area contributed by atoms with Crippen molar-refractivity contribution in [1.82, 2.24) is 4.90 Å². The van der Waals surface area contributed by atoms with Crippen LogP contribution >= 0.6 is 0 Å². The molecule has 0 bridgehead atoms. The quantitative estimate of drug-likeness (QED) is 0.598. The molecule has 1 saturated heterocycles. The molecule has 0 aromatic carbocycles. The summed E-state index contributed by atoms with van der Waals surface area (Å²) in [6, 6.07) is 0.572. The number of piperidine rings is 1. The first-order chi connectivity index (χ1) is 8.16. The van der Waals surface area contributed by atoms with Gasteiger partial charge in [0.2, 0.25) is 0 Å². The van der Waals surface area contributed by atoms with Gasteiger partial charge in [0.15, 0.2) is 0 Å². The smallest absolute Gasteiger partial charge is 0.0496 e. The molecule has 100 valence electrons. The van der Waals surface area contributed by atoms with Crippen LogP contribution in [-0.2, 0) is 0 Å². The average Bonchev–Trinajstić information content (AvgIpc) is 2.38. The molecule has 1 nitrogen and oxygen atoms in total. The minimum Gasteiger partial charge on any atom is -0.369 e. The molecule has 17 heavy (non-hydrogen) atoms. The number of hydrogen-bond acceptors (Lipinski definition) is 1. The van der Waals surface area contributed by atoms with E-state index >= 15 is 0 Å². The van der Waals surface area contributed by atoms with Gasteiger partial charge in [0.25, 0.3) is 0 Å². The molecule has 1 atom stereocenters. The van der Waals surface area contributed by atoms with Crippen molar-refractivity contribution >= 4 is 0 Å². The SMILES string of the molecule is C=C(CCCC)C1CCCCN1C(=C)C.CC. The molecule has 0 amide bonds. The summed E-state index contributed by atoms with van der Waals surface area (Å²) >= 11 is 0. The van der Waals surface area contributed by atoms with Gasteiger partial charge in [-0.25, -0.2) is 0 Å². The second-order valence-corrected chi connectivity index (χ2v) is 4.70. The zero-order valence-corrected chi connectivity index (χ0v) is 12.4. The van der Waals surface area contributed by atoms with Crippen LogP contribution in [0.1, 0.15) is 66.2 Å². The number of likely N-dealkylation sites (tertiary alicyclic amines) is 1. The summed E-state index contributed by atoms with van der Waals surface area (Å²) in [5.74, 6) is 0. The second-order valence-electron chi connectivity index (χ2n) is 4.70. The maximum absolute atomic E-state index is 4.27. The van der Waals surface area contributed by atoms with Gasteiger partial charge >= 0.3 is 0 Å². The molecular weight excluding hydrogens is 206 g/mol. The van der Waals surface area contributed by atoms with E-state index < -0.39 is 0 Å². The van der Waals surface area contributed by atoms with Crippen LogP contribution in [0.5, 0.6) is 0 Å². The molecule has 1 aliphatic rings. The first kappa shape index (κ1) is 16.3. The normalized spacial score (nSPS) is 19.3. The topological polar surface area (TPSA) is 3.24 Å². The van der Waals surface area contributed by atoms with Crippen molar-refractivity contribution in [3.63, 3.8) is 0 Å². The highest BCUT2D eigenvalue weighted by Gasteiger charge is 2.23. The van der Waals surface area contributed by atoms with Gasteiger partial charge in [-0.1, -0.05) is 45.9 Å². The van der Waals surface area contributed by atoms with E-state index in [0.29, 0.717) is 6.04 Å². The minimum atomic E-state index is 0.572. The summed E-state index contributed by atoms with van der Waals surface area (Å²) in [7, 11) is 0. The van der Waals surface area contributed by atoms with Gasteiger partial charge in [0, 0.05) is 18.3 Å². The van der Waals surface area contributed by atoms with Gasteiger partial charge in [-0.3, -0.25) is 0 Å². The highest BCUT2D eigenvalue weighted by molar-refractivity contribution is 5.11. The molecule has 1 rings (SSSR count). The standard InChI is InChI=1S/C14H25N.C2H6/c1-5-6-9-13(4)14-10-7-8-11-15(14)12(2)3;1-2/h14H,2,4-11H2,1,3H3;1-2H3. The maximum atomic E-state index is 4.27. The van der Waals surface area contributed by atoms with Crippen molar-refractivity contribution in [2.75, 3.05) is 6.54 Å². The Morgan fingerprint density at radius 2 is 1.88 bits per heavy atom. The minimum absolute atomic E-state index is 0.572. The zero-order chi connectivity index (χ0) is 13.3. The molecule has 0 radical (unpaired) electrons. The van der Waals surface area contributed by atoms with Crippen LogP contribution in [0, 0.1) is 0 Å². The van der Waals surface area contributed by atoms with Crippen molar-refractivity contribution in [3.8, 4) is 0 Å². The molecule has 1 fully saturated rings. The molecule has 1 heteroatoms. The molecule has 1 unspecified atom stereocenters. The Balaban J connectivity index is 0.00000121. The zero-order valence-electron chi connectivity index (χ0n) is 12.4. The first-order valence-corrected chi connectivity index (χ1v) is 7.26. The third-order valence-electron chi connectivity index (χ3n) is 3.32. The number of hydrogen-bond donors (Lipinski definition) is 0. The number of allylic oxidation sites excluding steroid dienone is 1. The van der Waals surface area contributed by atoms with E-state index in [4.69, 9.17) is 0 Å². The van der Waals surface area contributed by atoms with Gasteiger partial charge < -0.3 is 4.90 Å². The number of unbranched alkanes of at least 4 members (excludes halogenated alkanes) is 1. The molecule has 1 aliphatic heterocycles. The van der Waals surface area contributed by atoms with Gasteiger partial charge in [-0.05, 0) is 39.0 Å². The van der Waals surface area contributed by atoms with E-state index in [1.165, 1.54) is 56.3 Å². The Hall–Kier alpha value is -0.720. The second kappa shape index (κ2) is 9.32. The summed E-state index contributed by atoms with van der Waals surface area (Å²) in [5, 5.41) is 0. The summed E-state index contributed by atoms with van der Waals surface area (Å²) in [4.78, 5) is 2.45. The predicted molar refractivity (Wildman–Crippen MR) is 79.2 cm³/mol. The Kier molecular flexibility index (Phi) is 8.93. The molecule has 0 aromatic heterocycles. The van der Waals surface area contributed by atoms with Crippen LogP contribution in [0.25, 0.3) is 0 Å². The van der Waals surface area contributed by atoms with Crippen molar-refractivity contribution in [1.29, 1.82) is 0 Å². The lowest BCUT2D eigenvalue weighted by molar-refractivity contribution is 0.219. The van der Waals surface area contributed by atoms with E-state index in [9.17, 15) is 0 Å². The fraction of sp³-hybridized carbons (Fsp3) is 0.750. The van der Waals surface area contributed by atoms with Crippen LogP contribution in [-0.4, -0.2) is 17.5 Å². The highest BCUT2D eigenvalue weighted by Crippen LogP contribution is 2.27. The van der Waals surface area contributed by atoms with Crippen LogP contribution < -0.4 is 0 Å². The van der Waals surface area contributed by atoms with Crippen molar-refractivity contribution in [2.24, 2.45) is 0 Å². The summed E-state index contributed by atoms with van der Waals surface area (Å²) in [6.45, 7) is 17.9. The Morgan fingerprint density at radius 1 is 1.24 bits per heavy atom. The molecule has 0 spiro atoms. The summed E-state index contributed by atoms with van der Waals surface area (Å²) in [6.07, 6.45) is 7.66. The first-order valence-electron chi connectivity index (χ1n) is 7.26. The largest absolute Gasteiger partial charge is 0.369 e. The lowest BCUT2D eigenvalue weighted by atomic mass is 9.92. The van der Waals surface area contributed by atoms with Gasteiger partial charge in [-0.15, -0.1) is 0 Å². The molecule has 0 saturated carbocycles. The van der Waals surface area contributed by atoms with Crippen molar-refractivity contribution in [3.05, 3.63) is 24.4 Å². The average molecular weight is 237 g/mol. The molecular formula is C16H31N. The van der Waals surface area contributed by atoms with Crippen LogP contribution in [0.3, 0.4) is 0 Å². The van der Waals surface area contributed by atoms with Crippen LogP contribution in [0.2, 0.25) is 0 Å². The lowest BCUT2D eigenvalue weighted by Gasteiger charge is -2.39. The van der Waals surface area contributed by atoms with Gasteiger partial charge in [0.1, 0.15) is 0 Å². The fourth-order valence-corrected chi connectivity index (χ4v) is 2.38. The Morgan fingerprint density at radius 3 is 2.41 bits per heavy atom. The Bertz CT molecular complexity index is 230. The maximum Gasteiger partial charge on any atom is 0.0496 e. The molecule has 0 aromatic rings. The van der Waals surface area contributed by atoms with E-state index in [-0.39, 0.29) is 0 Å². The van der Waals surface area contributed by atoms with Gasteiger partial charge in [0.05, 0.1) is 0 Å². The summed E-state index contributed by atoms with van der Waals surface area (Å²) in [5.41, 5.74) is 2.62. The lowest BCUT2D eigenvalue weighted by Crippen LogP contribution is -2.38. The van der Waals surface area contributed by atoms with E-state index in [0.717, 1.165) is 0 Å². The van der Waals surface area contributed by atoms with Crippen LogP contribution in [0.15, 0.2) is 24.4 Å². The van der Waals surface area contributed by atoms with E-state index in [1.807, 2.05) is 13.8 Å². The third-order valence-corrected chi connectivity index (χ3v) is 3.32. The molecule has 1 heterocycles. The van der Waals surface area contributed by atoms with Crippen LogP contribution in [0.4, 0.5) is 0 Å². The Labute approximate surface area is 109 Å². The number of rotatable bonds is 5. The van der Waals surface area contributed by atoms with Crippen molar-refractivity contribution < 1.29 is 0 Å². The number of nitrogens with zero attached hydrogens (tertiary/aromatic N) is 1. The summed E-state index contributed by atoms with van der Waals surface area (Å²) < 4.78 is 0. The van der Waals surface area contributed by atoms with Crippen molar-refractivity contribution in [2.45, 2.75) is 72.3 Å². The third kappa shape index (κ3) is 5.43. The monoisotopic (exact) mass is 237 g/mol. The fourth-order valence-electron chi connectivity index (χ4n) is 2.38.